The van der Waals surface area contributed by atoms with Gasteiger partial charge in [0.2, 0.25) is 5.95 Å². The maximum absolute atomic E-state index is 13.2. The van der Waals surface area contributed by atoms with Crippen LogP contribution in [-0.2, 0) is 6.42 Å². The number of nitrogens with zero attached hydrogens (tertiary/aromatic N) is 2. The van der Waals surface area contributed by atoms with E-state index in [1.807, 2.05) is 18.2 Å². The molecule has 0 aliphatic carbocycles. The van der Waals surface area contributed by atoms with Crippen LogP contribution < -0.4 is 10.6 Å². The van der Waals surface area contributed by atoms with E-state index in [2.05, 4.69) is 32.7 Å². The summed E-state index contributed by atoms with van der Waals surface area (Å²) in [6.45, 7) is 0.767. The van der Waals surface area contributed by atoms with Gasteiger partial charge in [0.25, 0.3) is 0 Å². The summed E-state index contributed by atoms with van der Waals surface area (Å²) in [5.41, 5.74) is 1.89. The van der Waals surface area contributed by atoms with Crippen LogP contribution in [0.3, 0.4) is 0 Å². The van der Waals surface area contributed by atoms with Crippen molar-refractivity contribution in [1.29, 1.82) is 0 Å². The van der Waals surface area contributed by atoms with Gasteiger partial charge in [-0.2, -0.15) is 4.98 Å². The van der Waals surface area contributed by atoms with Gasteiger partial charge in [-0.15, -0.1) is 0 Å². The molecule has 0 bridgehead atoms. The van der Waals surface area contributed by atoms with Gasteiger partial charge in [0.1, 0.15) is 11.6 Å². The van der Waals surface area contributed by atoms with Gasteiger partial charge < -0.3 is 10.6 Å². The largest absolute Gasteiger partial charge is 0.370 e. The van der Waals surface area contributed by atoms with Gasteiger partial charge in [0, 0.05) is 18.4 Å². The standard InChI is InChI=1S/C18H16ClFN4/c19-15-12-14(6-7-16(15)20)23-18-22-11-9-17(24-18)21-10-8-13-4-2-1-3-5-13/h1-7,9,11-12H,8,10H2,(H2,21,22,23,24). The first-order valence-corrected chi connectivity index (χ1v) is 7.91. The van der Waals surface area contributed by atoms with Crippen LogP contribution in [0.2, 0.25) is 5.02 Å². The Balaban J connectivity index is 1.60. The zero-order chi connectivity index (χ0) is 16.8. The van der Waals surface area contributed by atoms with Gasteiger partial charge in [0.05, 0.1) is 5.02 Å². The van der Waals surface area contributed by atoms with Crippen molar-refractivity contribution in [2.45, 2.75) is 6.42 Å². The Kier molecular flexibility index (Phi) is 5.23. The third-order valence-corrected chi connectivity index (χ3v) is 3.68. The van der Waals surface area contributed by atoms with E-state index in [9.17, 15) is 4.39 Å². The normalized spacial score (nSPS) is 10.4. The molecule has 0 aliphatic heterocycles. The van der Waals surface area contributed by atoms with Crippen molar-refractivity contribution < 1.29 is 4.39 Å². The van der Waals surface area contributed by atoms with Crippen LogP contribution >= 0.6 is 11.6 Å². The molecule has 2 aromatic carbocycles. The van der Waals surface area contributed by atoms with Gasteiger partial charge in [-0.1, -0.05) is 41.9 Å². The third-order valence-electron chi connectivity index (χ3n) is 3.39. The Labute approximate surface area is 144 Å². The summed E-state index contributed by atoms with van der Waals surface area (Å²) in [6.07, 6.45) is 2.56. The summed E-state index contributed by atoms with van der Waals surface area (Å²) in [7, 11) is 0. The number of aromatic nitrogens is 2. The molecular formula is C18H16ClFN4. The molecule has 0 aliphatic rings. The molecule has 0 saturated carbocycles. The summed E-state index contributed by atoms with van der Waals surface area (Å²) >= 11 is 5.77. The molecule has 4 nitrogen and oxygen atoms in total. The van der Waals surface area contributed by atoms with Crippen LogP contribution in [0.4, 0.5) is 21.8 Å². The highest BCUT2D eigenvalue weighted by atomic mass is 35.5. The molecule has 24 heavy (non-hydrogen) atoms. The van der Waals surface area contributed by atoms with E-state index >= 15 is 0 Å². The minimum atomic E-state index is -0.459. The van der Waals surface area contributed by atoms with Crippen LogP contribution in [0.15, 0.2) is 60.8 Å². The van der Waals surface area contributed by atoms with Crippen LogP contribution in [0.25, 0.3) is 0 Å². The lowest BCUT2D eigenvalue weighted by Crippen LogP contribution is -2.07. The SMILES string of the molecule is Fc1ccc(Nc2nccc(NCCc3ccccc3)n2)cc1Cl. The molecule has 0 unspecified atom stereocenters. The zero-order valence-corrected chi connectivity index (χ0v) is 13.6. The lowest BCUT2D eigenvalue weighted by atomic mass is 10.1. The topological polar surface area (TPSA) is 49.8 Å². The van der Waals surface area contributed by atoms with Gasteiger partial charge in [-0.3, -0.25) is 0 Å². The van der Waals surface area contributed by atoms with E-state index in [1.54, 1.807) is 18.3 Å². The fourth-order valence-corrected chi connectivity index (χ4v) is 2.38. The molecule has 0 atom stereocenters. The number of rotatable bonds is 6. The zero-order valence-electron chi connectivity index (χ0n) is 12.8. The first kappa shape index (κ1) is 16.2. The molecule has 1 aromatic heterocycles. The second-order valence-corrected chi connectivity index (χ2v) is 5.59. The number of hydrogen-bond acceptors (Lipinski definition) is 4. The van der Waals surface area contributed by atoms with Crippen molar-refractivity contribution in [1.82, 2.24) is 9.97 Å². The maximum Gasteiger partial charge on any atom is 0.229 e. The molecule has 0 saturated heterocycles. The molecule has 3 rings (SSSR count). The molecular weight excluding hydrogens is 327 g/mol. The lowest BCUT2D eigenvalue weighted by molar-refractivity contribution is 0.628. The number of halogens is 2. The lowest BCUT2D eigenvalue weighted by Gasteiger charge is -2.09. The first-order valence-electron chi connectivity index (χ1n) is 7.53. The highest BCUT2D eigenvalue weighted by molar-refractivity contribution is 6.31. The average molecular weight is 343 g/mol. The highest BCUT2D eigenvalue weighted by Gasteiger charge is 2.04. The summed E-state index contributed by atoms with van der Waals surface area (Å²) < 4.78 is 13.2. The van der Waals surface area contributed by atoms with Crippen LogP contribution in [0, 0.1) is 5.82 Å². The molecule has 3 aromatic rings. The van der Waals surface area contributed by atoms with Crippen molar-refractivity contribution in [3.8, 4) is 0 Å². The van der Waals surface area contributed by atoms with Gasteiger partial charge in [-0.05, 0) is 36.2 Å². The quantitative estimate of drug-likeness (QED) is 0.683. The Morgan fingerprint density at radius 2 is 1.88 bits per heavy atom. The predicted octanol–water partition coefficient (Wildman–Crippen LogP) is 4.67. The van der Waals surface area contributed by atoms with E-state index in [0.717, 1.165) is 18.8 Å². The average Bonchev–Trinajstić information content (AvgIpc) is 2.60. The van der Waals surface area contributed by atoms with Crippen molar-refractivity contribution in [2.24, 2.45) is 0 Å². The third kappa shape index (κ3) is 4.43. The van der Waals surface area contributed by atoms with E-state index < -0.39 is 5.82 Å². The van der Waals surface area contributed by atoms with Gasteiger partial charge in [0.15, 0.2) is 0 Å². The molecule has 0 radical (unpaired) electrons. The van der Waals surface area contributed by atoms with E-state index in [0.29, 0.717) is 11.6 Å². The summed E-state index contributed by atoms with van der Waals surface area (Å²) in [4.78, 5) is 8.54. The number of benzene rings is 2. The number of hydrogen-bond donors (Lipinski definition) is 2. The fourth-order valence-electron chi connectivity index (χ4n) is 2.20. The molecule has 0 amide bonds. The molecule has 0 fully saturated rings. The minimum Gasteiger partial charge on any atom is -0.370 e. The molecule has 122 valence electrons. The summed E-state index contributed by atoms with van der Waals surface area (Å²) in [6, 6.07) is 16.4. The Bertz CT molecular complexity index is 811. The van der Waals surface area contributed by atoms with Crippen molar-refractivity contribution in [3.63, 3.8) is 0 Å². The predicted molar refractivity (Wildman–Crippen MR) is 95.4 cm³/mol. The Morgan fingerprint density at radius 1 is 1.04 bits per heavy atom. The fraction of sp³-hybridized carbons (Fsp3) is 0.111. The Morgan fingerprint density at radius 3 is 2.67 bits per heavy atom. The van der Waals surface area contributed by atoms with E-state index in [4.69, 9.17) is 11.6 Å². The van der Waals surface area contributed by atoms with Gasteiger partial charge in [-0.25, -0.2) is 9.37 Å². The van der Waals surface area contributed by atoms with Crippen molar-refractivity contribution in [3.05, 3.63) is 77.2 Å². The second kappa shape index (κ2) is 7.75. The summed E-state index contributed by atoms with van der Waals surface area (Å²) in [5, 5.41) is 6.32. The van der Waals surface area contributed by atoms with Crippen LogP contribution in [0.5, 0.6) is 0 Å². The second-order valence-electron chi connectivity index (χ2n) is 5.18. The highest BCUT2D eigenvalue weighted by Crippen LogP contribution is 2.21. The van der Waals surface area contributed by atoms with E-state index in [-0.39, 0.29) is 5.02 Å². The van der Waals surface area contributed by atoms with Gasteiger partial charge >= 0.3 is 0 Å². The maximum atomic E-state index is 13.2. The smallest absolute Gasteiger partial charge is 0.229 e. The first-order chi connectivity index (χ1) is 11.7. The number of anilines is 3. The molecule has 2 N–H and O–H groups in total. The number of nitrogens with one attached hydrogen (secondary N) is 2. The van der Waals surface area contributed by atoms with Crippen molar-refractivity contribution in [2.75, 3.05) is 17.2 Å². The van der Waals surface area contributed by atoms with Crippen LogP contribution in [0.1, 0.15) is 5.56 Å². The Hall–Kier alpha value is -2.66. The molecule has 1 heterocycles. The van der Waals surface area contributed by atoms with Crippen LogP contribution in [-0.4, -0.2) is 16.5 Å². The summed E-state index contributed by atoms with van der Waals surface area (Å²) in [5.74, 6) is 0.679. The molecule has 0 spiro atoms. The van der Waals surface area contributed by atoms with Crippen molar-refractivity contribution >= 4 is 29.1 Å². The van der Waals surface area contributed by atoms with E-state index in [1.165, 1.54) is 17.7 Å². The molecule has 6 heteroatoms. The minimum absolute atomic E-state index is 0.0529. The monoisotopic (exact) mass is 342 g/mol.